The maximum absolute atomic E-state index is 14.7. The van der Waals surface area contributed by atoms with Crippen molar-refractivity contribution in [3.05, 3.63) is 24.0 Å². The lowest BCUT2D eigenvalue weighted by Crippen LogP contribution is -2.46. The summed E-state index contributed by atoms with van der Waals surface area (Å²) in [5, 5.41) is 5.72. The lowest BCUT2D eigenvalue weighted by molar-refractivity contribution is 0.340. The number of nitrogens with two attached hydrogens (primary N) is 1. The molecule has 2 unspecified atom stereocenters. The molecule has 10 heteroatoms. The van der Waals surface area contributed by atoms with Crippen molar-refractivity contribution < 1.29 is 9.13 Å². The van der Waals surface area contributed by atoms with Crippen LogP contribution in [-0.2, 0) is 0 Å². The minimum atomic E-state index is -0.431. The number of rotatable bonds is 8. The van der Waals surface area contributed by atoms with Gasteiger partial charge in [-0.3, -0.25) is 5.43 Å². The number of hydrazine groups is 1. The van der Waals surface area contributed by atoms with E-state index in [0.717, 1.165) is 51.7 Å². The highest BCUT2D eigenvalue weighted by Gasteiger charge is 2.32. The van der Waals surface area contributed by atoms with Crippen LogP contribution in [-0.4, -0.2) is 58.8 Å². The molecule has 2 saturated heterocycles. The molecule has 0 spiro atoms. The molecule has 33 heavy (non-hydrogen) atoms. The van der Waals surface area contributed by atoms with Crippen LogP contribution in [0.3, 0.4) is 0 Å². The molecule has 0 saturated carbocycles. The van der Waals surface area contributed by atoms with E-state index in [-0.39, 0.29) is 23.8 Å². The van der Waals surface area contributed by atoms with Gasteiger partial charge < -0.3 is 20.7 Å². The summed E-state index contributed by atoms with van der Waals surface area (Å²) < 4.78 is 19.8. The van der Waals surface area contributed by atoms with Gasteiger partial charge in [0.05, 0.1) is 13.2 Å². The summed E-state index contributed by atoms with van der Waals surface area (Å²) in [5.41, 5.74) is 10.1. The van der Waals surface area contributed by atoms with Crippen molar-refractivity contribution in [1.82, 2.24) is 25.3 Å². The zero-order valence-corrected chi connectivity index (χ0v) is 19.6. The van der Waals surface area contributed by atoms with Crippen LogP contribution in [0, 0.1) is 5.82 Å². The fourth-order valence-corrected chi connectivity index (χ4v) is 4.81. The summed E-state index contributed by atoms with van der Waals surface area (Å²) in [6.45, 7) is 4.95. The SMILES string of the molecule is CCC(C1CCCN1)N(c1ccc(OC)c(F)c1)c1nc(N)nc(NN2CCCCCC2)n1. The zero-order chi connectivity index (χ0) is 23.2. The van der Waals surface area contributed by atoms with E-state index >= 15 is 0 Å². The molecular weight excluding hydrogens is 423 g/mol. The van der Waals surface area contributed by atoms with Crippen molar-refractivity contribution in [1.29, 1.82) is 0 Å². The number of ether oxygens (including phenoxy) is 1. The molecule has 0 aliphatic carbocycles. The predicted molar refractivity (Wildman–Crippen MR) is 128 cm³/mol. The summed E-state index contributed by atoms with van der Waals surface area (Å²) in [7, 11) is 1.46. The molecule has 0 radical (unpaired) electrons. The molecule has 2 aliphatic heterocycles. The molecule has 2 fully saturated rings. The van der Waals surface area contributed by atoms with Crippen molar-refractivity contribution in [3.63, 3.8) is 0 Å². The zero-order valence-electron chi connectivity index (χ0n) is 19.6. The largest absolute Gasteiger partial charge is 0.494 e. The van der Waals surface area contributed by atoms with Gasteiger partial charge in [0.2, 0.25) is 17.8 Å². The van der Waals surface area contributed by atoms with E-state index in [0.29, 0.717) is 17.6 Å². The van der Waals surface area contributed by atoms with E-state index in [1.165, 1.54) is 26.0 Å². The van der Waals surface area contributed by atoms with Gasteiger partial charge >= 0.3 is 0 Å². The molecule has 180 valence electrons. The fraction of sp³-hybridized carbons (Fsp3) is 0.609. The van der Waals surface area contributed by atoms with E-state index < -0.39 is 5.82 Å². The Labute approximate surface area is 194 Å². The quantitative estimate of drug-likeness (QED) is 0.548. The van der Waals surface area contributed by atoms with Gasteiger partial charge in [-0.15, -0.1) is 0 Å². The van der Waals surface area contributed by atoms with E-state index in [9.17, 15) is 4.39 Å². The third-order valence-corrected chi connectivity index (χ3v) is 6.45. The van der Waals surface area contributed by atoms with Crippen molar-refractivity contribution in [2.24, 2.45) is 0 Å². The molecule has 2 aromatic rings. The standard InChI is InChI=1S/C23H35FN8O/c1-3-19(18-9-8-12-26-18)32(16-10-11-20(33-2)17(24)15-16)23-28-21(25)27-22(29-23)30-31-13-6-4-5-7-14-31/h10-11,15,18-19,26H,3-9,12-14H2,1-2H3,(H3,25,27,28,29,30). The second-order valence-electron chi connectivity index (χ2n) is 8.70. The van der Waals surface area contributed by atoms with Crippen LogP contribution < -0.4 is 26.1 Å². The van der Waals surface area contributed by atoms with Crippen LogP contribution in [0.25, 0.3) is 0 Å². The summed E-state index contributed by atoms with van der Waals surface area (Å²) in [6, 6.07) is 5.20. The molecule has 4 N–H and O–H groups in total. The number of aromatic nitrogens is 3. The molecule has 3 heterocycles. The van der Waals surface area contributed by atoms with E-state index in [1.807, 2.05) is 11.0 Å². The average Bonchev–Trinajstić information content (AvgIpc) is 3.21. The Morgan fingerprint density at radius 3 is 2.64 bits per heavy atom. The molecule has 2 atom stereocenters. The number of nitrogens with one attached hydrogen (secondary N) is 2. The van der Waals surface area contributed by atoms with Crippen molar-refractivity contribution in [3.8, 4) is 5.75 Å². The van der Waals surface area contributed by atoms with E-state index in [1.54, 1.807) is 6.07 Å². The van der Waals surface area contributed by atoms with Crippen molar-refractivity contribution in [2.45, 2.75) is 64.0 Å². The van der Waals surface area contributed by atoms with Crippen LogP contribution in [0.15, 0.2) is 18.2 Å². The monoisotopic (exact) mass is 458 g/mol. The first kappa shape index (κ1) is 23.4. The highest BCUT2D eigenvalue weighted by Crippen LogP contribution is 2.33. The Bertz CT molecular complexity index is 915. The predicted octanol–water partition coefficient (Wildman–Crippen LogP) is 3.47. The third-order valence-electron chi connectivity index (χ3n) is 6.45. The Balaban J connectivity index is 1.71. The number of hydrogen-bond acceptors (Lipinski definition) is 9. The first-order valence-electron chi connectivity index (χ1n) is 12.0. The smallest absolute Gasteiger partial charge is 0.244 e. The minimum Gasteiger partial charge on any atom is -0.494 e. The molecule has 0 bridgehead atoms. The Kier molecular flexibility index (Phi) is 7.77. The van der Waals surface area contributed by atoms with Gasteiger partial charge in [-0.1, -0.05) is 19.8 Å². The Hall–Kier alpha value is -2.72. The summed E-state index contributed by atoms with van der Waals surface area (Å²) in [4.78, 5) is 15.5. The van der Waals surface area contributed by atoms with Crippen LogP contribution >= 0.6 is 0 Å². The second kappa shape index (κ2) is 10.9. The topological polar surface area (TPSA) is 104 Å². The number of methoxy groups -OCH3 is 1. The average molecular weight is 459 g/mol. The molecule has 4 rings (SSSR count). The van der Waals surface area contributed by atoms with Crippen molar-refractivity contribution >= 4 is 23.5 Å². The lowest BCUT2D eigenvalue weighted by atomic mass is 10.0. The number of benzene rings is 1. The molecule has 1 aromatic heterocycles. The van der Waals surface area contributed by atoms with Crippen LogP contribution in [0.2, 0.25) is 0 Å². The first-order chi connectivity index (χ1) is 16.1. The number of halogens is 1. The van der Waals surface area contributed by atoms with Gasteiger partial charge in [0, 0.05) is 30.9 Å². The van der Waals surface area contributed by atoms with Gasteiger partial charge in [0.1, 0.15) is 0 Å². The lowest BCUT2D eigenvalue weighted by Gasteiger charge is -2.35. The highest BCUT2D eigenvalue weighted by molar-refractivity contribution is 5.61. The Morgan fingerprint density at radius 1 is 1.21 bits per heavy atom. The maximum atomic E-state index is 14.7. The van der Waals surface area contributed by atoms with Crippen LogP contribution in [0.5, 0.6) is 5.75 Å². The van der Waals surface area contributed by atoms with Gasteiger partial charge in [0.15, 0.2) is 11.6 Å². The molecule has 1 aromatic carbocycles. The number of nitrogen functional groups attached to an aromatic ring is 1. The van der Waals surface area contributed by atoms with Crippen molar-refractivity contribution in [2.75, 3.05) is 42.8 Å². The number of anilines is 4. The van der Waals surface area contributed by atoms with Crippen LogP contribution in [0.4, 0.5) is 27.9 Å². The van der Waals surface area contributed by atoms with E-state index in [2.05, 4.69) is 32.6 Å². The highest BCUT2D eigenvalue weighted by atomic mass is 19.1. The maximum Gasteiger partial charge on any atom is 0.244 e. The molecular formula is C23H35FN8O. The minimum absolute atomic E-state index is 0.0214. The second-order valence-corrected chi connectivity index (χ2v) is 8.70. The molecule has 2 aliphatic rings. The number of nitrogens with zero attached hydrogens (tertiary/aromatic N) is 5. The van der Waals surface area contributed by atoms with Gasteiger partial charge in [-0.2, -0.15) is 15.0 Å². The number of hydrogen-bond donors (Lipinski definition) is 3. The summed E-state index contributed by atoms with van der Waals surface area (Å²) >= 11 is 0. The normalized spacial score (nSPS) is 20.3. The molecule has 9 nitrogen and oxygen atoms in total. The fourth-order valence-electron chi connectivity index (χ4n) is 4.81. The first-order valence-corrected chi connectivity index (χ1v) is 12.0. The summed E-state index contributed by atoms with van der Waals surface area (Å²) in [5.74, 6) is 0.715. The summed E-state index contributed by atoms with van der Waals surface area (Å²) in [6.07, 6.45) is 7.68. The van der Waals surface area contributed by atoms with Gasteiger partial charge in [0.25, 0.3) is 0 Å². The van der Waals surface area contributed by atoms with E-state index in [4.69, 9.17) is 15.5 Å². The third kappa shape index (κ3) is 5.62. The van der Waals surface area contributed by atoms with Crippen LogP contribution in [0.1, 0.15) is 51.9 Å². The van der Waals surface area contributed by atoms with Gasteiger partial charge in [-0.05, 0) is 50.8 Å². The van der Waals surface area contributed by atoms with Gasteiger partial charge in [-0.25, -0.2) is 9.40 Å². The Morgan fingerprint density at radius 2 is 2.00 bits per heavy atom. The molecule has 0 amide bonds.